The number of phenols is 1. The summed E-state index contributed by atoms with van der Waals surface area (Å²) in [6, 6.07) is 16.7. The first-order valence-corrected chi connectivity index (χ1v) is 9.15. The molecule has 2 atom stereocenters. The Morgan fingerprint density at radius 1 is 1.07 bits per heavy atom. The Kier molecular flexibility index (Phi) is 4.79. The van der Waals surface area contributed by atoms with Crippen molar-refractivity contribution in [3.8, 4) is 11.4 Å². The molecule has 1 aliphatic heterocycles. The summed E-state index contributed by atoms with van der Waals surface area (Å²) in [6.45, 7) is 0.438. The molecule has 1 saturated heterocycles. The number of hydrogen-bond acceptors (Lipinski definition) is 4. The zero-order valence-corrected chi connectivity index (χ0v) is 15.4. The highest BCUT2D eigenvalue weighted by Crippen LogP contribution is 2.39. The van der Waals surface area contributed by atoms with Gasteiger partial charge < -0.3 is 25.0 Å². The molecule has 4 rings (SSSR count). The van der Waals surface area contributed by atoms with E-state index in [2.05, 4.69) is 14.9 Å². The number of β-amino-alcohol motifs (C(OH)–C–C–N with tert-alkyl or cyclic N) is 1. The minimum Gasteiger partial charge on any atom is -0.508 e. The number of aliphatic hydroxyl groups excluding tert-OH is 1. The number of aromatic nitrogens is 2. The van der Waals surface area contributed by atoms with Crippen molar-refractivity contribution in [3.05, 3.63) is 78.4 Å². The van der Waals surface area contributed by atoms with E-state index in [0.29, 0.717) is 11.7 Å². The molecule has 0 saturated carbocycles. The van der Waals surface area contributed by atoms with E-state index in [4.69, 9.17) is 12.2 Å². The van der Waals surface area contributed by atoms with Crippen LogP contribution in [0.25, 0.3) is 5.69 Å². The predicted octanol–water partition coefficient (Wildman–Crippen LogP) is 2.54. The van der Waals surface area contributed by atoms with Crippen LogP contribution in [0.15, 0.2) is 67.0 Å². The van der Waals surface area contributed by atoms with Gasteiger partial charge in [0.2, 0.25) is 0 Å². The van der Waals surface area contributed by atoms with Gasteiger partial charge in [0.05, 0.1) is 24.4 Å². The summed E-state index contributed by atoms with van der Waals surface area (Å²) in [5.41, 5.74) is 2.86. The Morgan fingerprint density at radius 2 is 1.89 bits per heavy atom. The van der Waals surface area contributed by atoms with Crippen LogP contribution in [0.4, 0.5) is 0 Å². The van der Waals surface area contributed by atoms with Gasteiger partial charge in [-0.25, -0.2) is 0 Å². The molecule has 6 nitrogen and oxygen atoms in total. The molecule has 0 amide bonds. The van der Waals surface area contributed by atoms with Gasteiger partial charge in [-0.1, -0.05) is 6.07 Å². The molecule has 0 spiro atoms. The summed E-state index contributed by atoms with van der Waals surface area (Å²) in [4.78, 5) is 6.51. The van der Waals surface area contributed by atoms with E-state index in [-0.39, 0.29) is 24.4 Å². The summed E-state index contributed by atoms with van der Waals surface area (Å²) in [7, 11) is 0. The average molecular weight is 380 g/mol. The van der Waals surface area contributed by atoms with Crippen LogP contribution in [0.2, 0.25) is 0 Å². The van der Waals surface area contributed by atoms with Crippen molar-refractivity contribution in [1.82, 2.24) is 19.8 Å². The molecule has 1 fully saturated rings. The van der Waals surface area contributed by atoms with Crippen molar-refractivity contribution in [1.29, 1.82) is 0 Å². The third-order valence-electron chi connectivity index (χ3n) is 4.75. The summed E-state index contributed by atoms with van der Waals surface area (Å²) in [6.07, 6.45) is 3.75. The molecule has 0 radical (unpaired) electrons. The summed E-state index contributed by atoms with van der Waals surface area (Å²) in [5.74, 6) is 0.226. The van der Waals surface area contributed by atoms with E-state index in [0.717, 1.165) is 17.1 Å². The lowest BCUT2D eigenvalue weighted by Gasteiger charge is -2.28. The lowest BCUT2D eigenvalue weighted by Crippen LogP contribution is -2.32. The number of phenolic OH excluding ortho intramolecular Hbond substituents is 1. The lowest BCUT2D eigenvalue weighted by atomic mass is 10.0. The number of thiocarbonyl (C=S) groups is 1. The van der Waals surface area contributed by atoms with E-state index in [1.165, 1.54) is 0 Å². The molecule has 1 aliphatic rings. The first-order valence-electron chi connectivity index (χ1n) is 8.74. The number of benzene rings is 1. The first-order chi connectivity index (χ1) is 13.2. The maximum atomic E-state index is 9.59. The monoisotopic (exact) mass is 380 g/mol. The SMILES string of the molecule is OCCN1C(=S)N[C@@H](c2ccccn2)[C@H]1c1cccn1-c1ccc(O)cc1. The van der Waals surface area contributed by atoms with Gasteiger partial charge in [0, 0.05) is 30.3 Å². The fraction of sp³-hybridized carbons (Fsp3) is 0.200. The Bertz CT molecular complexity index is 927. The van der Waals surface area contributed by atoms with Crippen LogP contribution in [-0.2, 0) is 0 Å². The first kappa shape index (κ1) is 17.5. The molecule has 1 aromatic carbocycles. The standard InChI is InChI=1S/C20H20N4O2S/c25-13-12-24-19(18(22-20(24)27)16-4-1-2-10-21-16)17-5-3-11-23(17)14-6-8-15(26)9-7-14/h1-11,18-19,25-26H,12-13H2,(H,22,27)/t18-,19+/m0/s1. The quantitative estimate of drug-likeness (QED) is 0.591. The van der Waals surface area contributed by atoms with Crippen molar-refractivity contribution < 1.29 is 10.2 Å². The zero-order chi connectivity index (χ0) is 18.8. The van der Waals surface area contributed by atoms with Crippen LogP contribution >= 0.6 is 12.2 Å². The van der Waals surface area contributed by atoms with Crippen molar-refractivity contribution in [3.63, 3.8) is 0 Å². The zero-order valence-electron chi connectivity index (χ0n) is 14.6. The molecule has 0 bridgehead atoms. The van der Waals surface area contributed by atoms with Crippen molar-refractivity contribution in [2.45, 2.75) is 12.1 Å². The Hall–Kier alpha value is -2.90. The molecule has 0 aliphatic carbocycles. The fourth-order valence-electron chi connectivity index (χ4n) is 3.56. The Morgan fingerprint density at radius 3 is 2.59 bits per heavy atom. The topological polar surface area (TPSA) is 73.5 Å². The molecular formula is C20H20N4O2S. The third-order valence-corrected chi connectivity index (χ3v) is 5.10. The van der Waals surface area contributed by atoms with E-state index in [1.807, 2.05) is 53.6 Å². The average Bonchev–Trinajstić information content (AvgIpc) is 3.28. The maximum absolute atomic E-state index is 9.59. The number of rotatable bonds is 5. The van der Waals surface area contributed by atoms with Crippen molar-refractivity contribution >= 4 is 17.3 Å². The third kappa shape index (κ3) is 3.27. The van der Waals surface area contributed by atoms with Crippen molar-refractivity contribution in [2.24, 2.45) is 0 Å². The number of aromatic hydroxyl groups is 1. The van der Waals surface area contributed by atoms with E-state index in [1.54, 1.807) is 18.3 Å². The van der Waals surface area contributed by atoms with E-state index < -0.39 is 0 Å². The summed E-state index contributed by atoms with van der Waals surface area (Å²) >= 11 is 5.54. The molecule has 27 heavy (non-hydrogen) atoms. The molecule has 3 aromatic rings. The van der Waals surface area contributed by atoms with Crippen LogP contribution in [0.5, 0.6) is 5.75 Å². The van der Waals surface area contributed by atoms with Gasteiger partial charge in [-0.3, -0.25) is 4.98 Å². The second-order valence-corrected chi connectivity index (χ2v) is 6.75. The molecule has 138 valence electrons. The second-order valence-electron chi connectivity index (χ2n) is 6.36. The largest absolute Gasteiger partial charge is 0.508 e. The normalized spacial score (nSPS) is 19.3. The van der Waals surface area contributed by atoms with Gasteiger partial charge >= 0.3 is 0 Å². The smallest absolute Gasteiger partial charge is 0.170 e. The summed E-state index contributed by atoms with van der Waals surface area (Å²) < 4.78 is 2.07. The van der Waals surface area contributed by atoms with Gasteiger partial charge in [-0.2, -0.15) is 0 Å². The van der Waals surface area contributed by atoms with Crippen molar-refractivity contribution in [2.75, 3.05) is 13.2 Å². The molecule has 3 N–H and O–H groups in total. The molecule has 3 heterocycles. The van der Waals surface area contributed by atoms with E-state index in [9.17, 15) is 10.2 Å². The Labute approximate surface area is 162 Å². The highest BCUT2D eigenvalue weighted by atomic mass is 32.1. The molecular weight excluding hydrogens is 360 g/mol. The highest BCUT2D eigenvalue weighted by molar-refractivity contribution is 7.80. The van der Waals surface area contributed by atoms with Crippen LogP contribution in [0.3, 0.4) is 0 Å². The Balaban J connectivity index is 1.80. The maximum Gasteiger partial charge on any atom is 0.170 e. The van der Waals surface area contributed by atoms with Crippen LogP contribution in [0.1, 0.15) is 23.5 Å². The van der Waals surface area contributed by atoms with Gasteiger partial charge in [-0.15, -0.1) is 0 Å². The number of aliphatic hydroxyl groups is 1. The second kappa shape index (κ2) is 7.38. The van der Waals surface area contributed by atoms with Crippen LogP contribution in [-0.4, -0.2) is 42.9 Å². The minimum absolute atomic E-state index is 0.00712. The number of nitrogens with one attached hydrogen (secondary N) is 1. The van der Waals surface area contributed by atoms with Crippen LogP contribution < -0.4 is 5.32 Å². The summed E-state index contributed by atoms with van der Waals surface area (Å²) in [5, 5.41) is 23.1. The number of nitrogens with zero attached hydrogens (tertiary/aromatic N) is 3. The molecule has 7 heteroatoms. The minimum atomic E-state index is -0.129. The van der Waals surface area contributed by atoms with Crippen LogP contribution in [0, 0.1) is 0 Å². The van der Waals surface area contributed by atoms with E-state index >= 15 is 0 Å². The number of pyridine rings is 1. The predicted molar refractivity (Wildman–Crippen MR) is 107 cm³/mol. The molecule has 2 aromatic heterocycles. The lowest BCUT2D eigenvalue weighted by molar-refractivity contribution is 0.220. The van der Waals surface area contributed by atoms with Gasteiger partial charge in [0.1, 0.15) is 5.75 Å². The van der Waals surface area contributed by atoms with Gasteiger partial charge in [0.25, 0.3) is 0 Å². The van der Waals surface area contributed by atoms with Gasteiger partial charge in [0.15, 0.2) is 5.11 Å². The van der Waals surface area contributed by atoms with Gasteiger partial charge in [-0.05, 0) is 60.7 Å². The highest BCUT2D eigenvalue weighted by Gasteiger charge is 2.40. The fourth-order valence-corrected chi connectivity index (χ4v) is 3.89. The molecule has 0 unspecified atom stereocenters. The number of hydrogen-bond donors (Lipinski definition) is 3.